The topological polar surface area (TPSA) is 44.3 Å². The molecule has 7 heteroatoms. The predicted octanol–water partition coefficient (Wildman–Crippen LogP) is 3.33. The highest BCUT2D eigenvalue weighted by atomic mass is 35.5. The largest absolute Gasteiger partial charge is 0.366 e. The second-order valence-electron chi connectivity index (χ2n) is 6.06. The van der Waals surface area contributed by atoms with Crippen LogP contribution in [0.15, 0.2) is 24.4 Å². The van der Waals surface area contributed by atoms with E-state index in [1.165, 1.54) is 17.7 Å². The third-order valence-corrected chi connectivity index (χ3v) is 5.12. The van der Waals surface area contributed by atoms with E-state index < -0.39 is 0 Å². The van der Waals surface area contributed by atoms with Gasteiger partial charge in [0, 0.05) is 44.3 Å². The Labute approximate surface area is 146 Å². The third kappa shape index (κ3) is 4.56. The Morgan fingerprint density at radius 2 is 2.26 bits per heavy atom. The van der Waals surface area contributed by atoms with Crippen LogP contribution in [0.5, 0.6) is 0 Å². The molecule has 1 fully saturated rings. The van der Waals surface area contributed by atoms with E-state index in [1.807, 2.05) is 31.1 Å². The minimum absolute atomic E-state index is 0.420. The summed E-state index contributed by atoms with van der Waals surface area (Å²) < 4.78 is 0.865. The van der Waals surface area contributed by atoms with E-state index >= 15 is 0 Å². The van der Waals surface area contributed by atoms with Crippen LogP contribution in [0.3, 0.4) is 0 Å². The molecule has 0 spiro atoms. The molecule has 5 nitrogen and oxygen atoms in total. The summed E-state index contributed by atoms with van der Waals surface area (Å²) in [5.41, 5.74) is 0. The van der Waals surface area contributed by atoms with Crippen molar-refractivity contribution in [2.75, 3.05) is 37.4 Å². The number of aromatic nitrogens is 2. The van der Waals surface area contributed by atoms with Gasteiger partial charge in [-0.05, 0) is 37.6 Å². The molecular weight excluding hydrogens is 330 g/mol. The Kier molecular flexibility index (Phi) is 5.35. The van der Waals surface area contributed by atoms with Gasteiger partial charge in [0.1, 0.15) is 5.82 Å². The van der Waals surface area contributed by atoms with Crippen molar-refractivity contribution in [3.63, 3.8) is 0 Å². The minimum atomic E-state index is 0.420. The molecule has 0 aromatic carbocycles. The van der Waals surface area contributed by atoms with Crippen LogP contribution >= 0.6 is 22.9 Å². The fraction of sp³-hybridized carbons (Fsp3) is 0.500. The van der Waals surface area contributed by atoms with Crippen molar-refractivity contribution in [3.8, 4) is 0 Å². The number of anilines is 2. The van der Waals surface area contributed by atoms with Crippen LogP contribution in [0.25, 0.3) is 0 Å². The summed E-state index contributed by atoms with van der Waals surface area (Å²) in [6.45, 7) is 3.14. The van der Waals surface area contributed by atoms with Gasteiger partial charge < -0.3 is 10.2 Å². The Balaban J connectivity index is 1.59. The summed E-state index contributed by atoms with van der Waals surface area (Å²) in [6, 6.07) is 6.46. The number of rotatable bonds is 5. The summed E-state index contributed by atoms with van der Waals surface area (Å²) in [7, 11) is 3.90. The maximum Gasteiger partial charge on any atom is 0.226 e. The van der Waals surface area contributed by atoms with Crippen molar-refractivity contribution >= 4 is 34.7 Å². The first-order chi connectivity index (χ1) is 11.1. The maximum absolute atomic E-state index is 6.02. The molecule has 0 bridgehead atoms. The van der Waals surface area contributed by atoms with E-state index in [0.29, 0.717) is 6.04 Å². The van der Waals surface area contributed by atoms with Crippen LogP contribution in [0.2, 0.25) is 4.34 Å². The number of piperidine rings is 1. The Bertz CT molecular complexity index is 645. The van der Waals surface area contributed by atoms with Gasteiger partial charge in [0.25, 0.3) is 0 Å². The molecule has 3 rings (SSSR count). The molecule has 1 atom stereocenters. The van der Waals surface area contributed by atoms with Crippen molar-refractivity contribution in [2.24, 2.45) is 0 Å². The molecule has 1 saturated heterocycles. The first-order valence-electron chi connectivity index (χ1n) is 7.83. The predicted molar refractivity (Wildman–Crippen MR) is 97.6 cm³/mol. The van der Waals surface area contributed by atoms with Gasteiger partial charge in [-0.1, -0.05) is 11.6 Å². The molecule has 0 saturated carbocycles. The first kappa shape index (κ1) is 16.5. The zero-order chi connectivity index (χ0) is 16.2. The summed E-state index contributed by atoms with van der Waals surface area (Å²) >= 11 is 7.69. The number of nitrogens with zero attached hydrogens (tertiary/aromatic N) is 4. The smallest absolute Gasteiger partial charge is 0.226 e. The van der Waals surface area contributed by atoms with Crippen LogP contribution in [0, 0.1) is 0 Å². The summed E-state index contributed by atoms with van der Waals surface area (Å²) in [5, 5.41) is 3.55. The SMILES string of the molecule is CN(C)c1nccc(NC2CCCN(Cc3ccc(Cl)s3)C2)n1. The number of likely N-dealkylation sites (tertiary alicyclic amines) is 1. The second kappa shape index (κ2) is 7.47. The Morgan fingerprint density at radius 1 is 1.39 bits per heavy atom. The standard InChI is InChI=1S/C16H22ClN5S/c1-21(2)16-18-8-7-15(20-16)19-12-4-3-9-22(10-12)11-13-5-6-14(17)23-13/h5-8,12H,3-4,9-11H2,1-2H3,(H,18,19,20). The highest BCUT2D eigenvalue weighted by Gasteiger charge is 2.20. The van der Waals surface area contributed by atoms with E-state index in [1.54, 1.807) is 17.5 Å². The minimum Gasteiger partial charge on any atom is -0.366 e. The molecule has 2 aromatic heterocycles. The lowest BCUT2D eigenvalue weighted by molar-refractivity contribution is 0.210. The van der Waals surface area contributed by atoms with E-state index in [9.17, 15) is 0 Å². The van der Waals surface area contributed by atoms with E-state index in [4.69, 9.17) is 11.6 Å². The van der Waals surface area contributed by atoms with E-state index in [2.05, 4.69) is 26.3 Å². The Morgan fingerprint density at radius 3 is 3.00 bits per heavy atom. The maximum atomic E-state index is 6.02. The molecule has 1 aliphatic rings. The molecule has 2 aromatic rings. The van der Waals surface area contributed by atoms with Gasteiger partial charge in [0.15, 0.2) is 0 Å². The van der Waals surface area contributed by atoms with Crippen LogP contribution < -0.4 is 10.2 Å². The molecule has 23 heavy (non-hydrogen) atoms. The van der Waals surface area contributed by atoms with Crippen molar-refractivity contribution < 1.29 is 0 Å². The summed E-state index contributed by atoms with van der Waals surface area (Å²) in [6.07, 6.45) is 4.17. The highest BCUT2D eigenvalue weighted by molar-refractivity contribution is 7.16. The average molecular weight is 352 g/mol. The van der Waals surface area contributed by atoms with Gasteiger partial charge in [-0.25, -0.2) is 4.98 Å². The fourth-order valence-electron chi connectivity index (χ4n) is 2.83. The van der Waals surface area contributed by atoms with Gasteiger partial charge in [-0.3, -0.25) is 4.90 Å². The number of thiophene rings is 1. The molecule has 0 aliphatic carbocycles. The van der Waals surface area contributed by atoms with E-state index in [-0.39, 0.29) is 0 Å². The van der Waals surface area contributed by atoms with Crippen molar-refractivity contribution in [2.45, 2.75) is 25.4 Å². The van der Waals surface area contributed by atoms with E-state index in [0.717, 1.165) is 35.7 Å². The molecule has 0 radical (unpaired) electrons. The normalized spacial score (nSPS) is 18.8. The molecule has 1 unspecified atom stereocenters. The molecule has 1 aliphatic heterocycles. The van der Waals surface area contributed by atoms with Crippen LogP contribution in [-0.4, -0.2) is 48.1 Å². The fourth-order valence-corrected chi connectivity index (χ4v) is 3.96. The lowest BCUT2D eigenvalue weighted by Gasteiger charge is -2.33. The number of hydrogen-bond acceptors (Lipinski definition) is 6. The molecule has 0 amide bonds. The number of nitrogens with one attached hydrogen (secondary N) is 1. The van der Waals surface area contributed by atoms with Crippen molar-refractivity contribution in [3.05, 3.63) is 33.6 Å². The van der Waals surface area contributed by atoms with Crippen molar-refractivity contribution in [1.29, 1.82) is 0 Å². The zero-order valence-corrected chi connectivity index (χ0v) is 15.1. The van der Waals surface area contributed by atoms with Gasteiger partial charge >= 0.3 is 0 Å². The Hall–Kier alpha value is -1.37. The summed E-state index contributed by atoms with van der Waals surface area (Å²) in [4.78, 5) is 14.5. The average Bonchev–Trinajstić information content (AvgIpc) is 2.93. The van der Waals surface area contributed by atoms with Crippen LogP contribution in [-0.2, 0) is 6.54 Å². The van der Waals surface area contributed by atoms with Crippen LogP contribution in [0.1, 0.15) is 17.7 Å². The zero-order valence-electron chi connectivity index (χ0n) is 13.5. The molecule has 1 N–H and O–H groups in total. The quantitative estimate of drug-likeness (QED) is 0.895. The highest BCUT2D eigenvalue weighted by Crippen LogP contribution is 2.24. The molecular formula is C16H22ClN5S. The van der Waals surface area contributed by atoms with Gasteiger partial charge in [-0.15, -0.1) is 11.3 Å². The van der Waals surface area contributed by atoms with Crippen molar-refractivity contribution in [1.82, 2.24) is 14.9 Å². The van der Waals surface area contributed by atoms with Gasteiger partial charge in [0.2, 0.25) is 5.95 Å². The second-order valence-corrected chi connectivity index (χ2v) is 7.86. The first-order valence-corrected chi connectivity index (χ1v) is 9.03. The molecule has 3 heterocycles. The van der Waals surface area contributed by atoms with Gasteiger partial charge in [0.05, 0.1) is 4.34 Å². The summed E-state index contributed by atoms with van der Waals surface area (Å²) in [5.74, 6) is 1.63. The molecule has 124 valence electrons. The van der Waals surface area contributed by atoms with Gasteiger partial charge in [-0.2, -0.15) is 4.98 Å². The third-order valence-electron chi connectivity index (χ3n) is 3.91. The number of hydrogen-bond donors (Lipinski definition) is 1. The monoisotopic (exact) mass is 351 g/mol. The van der Waals surface area contributed by atoms with Crippen LogP contribution in [0.4, 0.5) is 11.8 Å². The lowest BCUT2D eigenvalue weighted by atomic mass is 10.1. The lowest BCUT2D eigenvalue weighted by Crippen LogP contribution is -2.41. The number of halogens is 1.